The number of thiophene rings is 1. The molecule has 100 valence electrons. The maximum absolute atomic E-state index is 12.1. The van der Waals surface area contributed by atoms with Crippen molar-refractivity contribution in [3.05, 3.63) is 33.0 Å². The van der Waals surface area contributed by atoms with E-state index < -0.39 is 0 Å². The Morgan fingerprint density at radius 1 is 1.53 bits per heavy atom. The summed E-state index contributed by atoms with van der Waals surface area (Å²) in [6.07, 6.45) is 0.825. The van der Waals surface area contributed by atoms with Crippen molar-refractivity contribution in [3.8, 4) is 0 Å². The first-order valence-electron chi connectivity index (χ1n) is 5.68. The molecule has 5 nitrogen and oxygen atoms in total. The highest BCUT2D eigenvalue weighted by molar-refractivity contribution is 7.14. The molecular formula is C12H13N3O2S2. The number of amides is 1. The van der Waals surface area contributed by atoms with Gasteiger partial charge in [-0.15, -0.1) is 22.7 Å². The van der Waals surface area contributed by atoms with Crippen LogP contribution in [0.25, 0.3) is 0 Å². The molecule has 0 spiro atoms. The lowest BCUT2D eigenvalue weighted by Gasteiger charge is -2.01. The van der Waals surface area contributed by atoms with Crippen LogP contribution in [-0.2, 0) is 6.42 Å². The first-order valence-corrected chi connectivity index (χ1v) is 7.44. The van der Waals surface area contributed by atoms with Crippen molar-refractivity contribution in [2.24, 2.45) is 5.16 Å². The highest BCUT2D eigenvalue weighted by atomic mass is 32.1. The van der Waals surface area contributed by atoms with E-state index in [1.807, 2.05) is 18.4 Å². The summed E-state index contributed by atoms with van der Waals surface area (Å²) in [5.74, 6) is -0.147. The molecule has 0 unspecified atom stereocenters. The molecule has 0 aliphatic heterocycles. The van der Waals surface area contributed by atoms with E-state index in [2.05, 4.69) is 15.5 Å². The van der Waals surface area contributed by atoms with E-state index in [4.69, 9.17) is 5.21 Å². The van der Waals surface area contributed by atoms with Crippen LogP contribution in [0.3, 0.4) is 0 Å². The van der Waals surface area contributed by atoms with Crippen LogP contribution in [0, 0.1) is 0 Å². The van der Waals surface area contributed by atoms with Crippen LogP contribution in [0.2, 0.25) is 0 Å². The molecule has 1 amide bonds. The van der Waals surface area contributed by atoms with Crippen LogP contribution in [-0.4, -0.2) is 21.8 Å². The summed E-state index contributed by atoms with van der Waals surface area (Å²) in [6, 6.07) is 1.95. The number of hydrogen-bond donors (Lipinski definition) is 2. The molecule has 0 atom stereocenters. The molecule has 0 bridgehead atoms. The van der Waals surface area contributed by atoms with Gasteiger partial charge in [-0.2, -0.15) is 0 Å². The normalized spacial score (nSPS) is 11.6. The van der Waals surface area contributed by atoms with E-state index in [0.29, 0.717) is 21.4 Å². The third kappa shape index (κ3) is 2.99. The van der Waals surface area contributed by atoms with Gasteiger partial charge in [0.2, 0.25) is 0 Å². The Bertz CT molecular complexity index is 616. The van der Waals surface area contributed by atoms with Gasteiger partial charge in [-0.25, -0.2) is 4.98 Å². The average molecular weight is 295 g/mol. The second kappa shape index (κ2) is 5.94. The van der Waals surface area contributed by atoms with E-state index in [0.717, 1.165) is 12.0 Å². The van der Waals surface area contributed by atoms with Crippen molar-refractivity contribution in [1.82, 2.24) is 4.98 Å². The lowest BCUT2D eigenvalue weighted by Crippen LogP contribution is -2.12. The lowest BCUT2D eigenvalue weighted by atomic mass is 10.2. The smallest absolute Gasteiger partial charge is 0.267 e. The summed E-state index contributed by atoms with van der Waals surface area (Å²) in [5.41, 5.74) is 2.01. The molecule has 2 aromatic rings. The van der Waals surface area contributed by atoms with Gasteiger partial charge in [0.1, 0.15) is 11.4 Å². The summed E-state index contributed by atoms with van der Waals surface area (Å²) in [4.78, 5) is 17.0. The van der Waals surface area contributed by atoms with Crippen LogP contribution < -0.4 is 5.32 Å². The second-order valence-electron chi connectivity index (χ2n) is 3.81. The highest BCUT2D eigenvalue weighted by Crippen LogP contribution is 2.21. The SMILES string of the molecule is CCc1ccsc1C(=O)Nc1nc(C(C)=NO)cs1. The maximum Gasteiger partial charge on any atom is 0.267 e. The first kappa shape index (κ1) is 13.7. The predicted molar refractivity (Wildman–Crippen MR) is 77.8 cm³/mol. The van der Waals surface area contributed by atoms with Crippen molar-refractivity contribution in [2.45, 2.75) is 20.3 Å². The molecule has 2 N–H and O–H groups in total. The van der Waals surface area contributed by atoms with E-state index >= 15 is 0 Å². The lowest BCUT2D eigenvalue weighted by molar-refractivity contribution is 0.103. The average Bonchev–Trinajstić information content (AvgIpc) is 3.05. The van der Waals surface area contributed by atoms with Gasteiger partial charge < -0.3 is 5.21 Å². The third-order valence-corrected chi connectivity index (χ3v) is 4.29. The molecule has 0 saturated carbocycles. The molecule has 0 radical (unpaired) electrons. The first-order chi connectivity index (χ1) is 9.15. The van der Waals surface area contributed by atoms with Gasteiger partial charge >= 0.3 is 0 Å². The molecule has 2 heterocycles. The summed E-state index contributed by atoms with van der Waals surface area (Å²) < 4.78 is 0. The number of hydrogen-bond acceptors (Lipinski definition) is 6. The van der Waals surface area contributed by atoms with Crippen molar-refractivity contribution >= 4 is 39.4 Å². The Labute approximate surface area is 118 Å². The summed E-state index contributed by atoms with van der Waals surface area (Å²) >= 11 is 2.72. The van der Waals surface area contributed by atoms with Crippen molar-refractivity contribution in [3.63, 3.8) is 0 Å². The van der Waals surface area contributed by atoms with E-state index in [-0.39, 0.29) is 5.91 Å². The minimum atomic E-state index is -0.147. The minimum Gasteiger partial charge on any atom is -0.411 e. The monoisotopic (exact) mass is 295 g/mol. The Kier molecular flexibility index (Phi) is 4.28. The van der Waals surface area contributed by atoms with E-state index in [1.54, 1.807) is 12.3 Å². The standard InChI is InChI=1S/C12H13N3O2S2/c1-3-8-4-5-18-10(8)11(16)14-12-13-9(6-19-12)7(2)15-17/h4-6,17H,3H2,1-2H3,(H,13,14,16). The number of carbonyl (C=O) groups is 1. The molecule has 19 heavy (non-hydrogen) atoms. The van der Waals surface area contributed by atoms with Crippen molar-refractivity contribution in [1.29, 1.82) is 0 Å². The number of aryl methyl sites for hydroxylation is 1. The predicted octanol–water partition coefficient (Wildman–Crippen LogP) is 3.22. The number of anilines is 1. The molecule has 0 aliphatic rings. The van der Waals surface area contributed by atoms with Crippen LogP contribution in [0.4, 0.5) is 5.13 Å². The largest absolute Gasteiger partial charge is 0.411 e. The van der Waals surface area contributed by atoms with Gasteiger partial charge in [-0.05, 0) is 30.4 Å². The Hall–Kier alpha value is -1.73. The fourth-order valence-corrected chi connectivity index (χ4v) is 3.16. The van der Waals surface area contributed by atoms with Gasteiger partial charge in [-0.3, -0.25) is 10.1 Å². The van der Waals surface area contributed by atoms with E-state index in [9.17, 15) is 4.79 Å². The van der Waals surface area contributed by atoms with Crippen LogP contribution in [0.1, 0.15) is 34.8 Å². The number of oxime groups is 1. The minimum absolute atomic E-state index is 0.147. The van der Waals surface area contributed by atoms with Gasteiger partial charge in [0.05, 0.1) is 4.88 Å². The molecule has 0 aromatic carbocycles. The third-order valence-electron chi connectivity index (χ3n) is 2.58. The van der Waals surface area contributed by atoms with Crippen LogP contribution >= 0.6 is 22.7 Å². The molecular weight excluding hydrogens is 282 g/mol. The molecule has 2 rings (SSSR count). The number of rotatable bonds is 4. The topological polar surface area (TPSA) is 74.6 Å². The highest BCUT2D eigenvalue weighted by Gasteiger charge is 2.14. The summed E-state index contributed by atoms with van der Waals surface area (Å²) in [6.45, 7) is 3.66. The molecule has 2 aromatic heterocycles. The summed E-state index contributed by atoms with van der Waals surface area (Å²) in [7, 11) is 0. The van der Waals surface area contributed by atoms with Crippen molar-refractivity contribution in [2.75, 3.05) is 5.32 Å². The van der Waals surface area contributed by atoms with Crippen LogP contribution in [0.15, 0.2) is 22.0 Å². The quantitative estimate of drug-likeness (QED) is 0.516. The maximum atomic E-state index is 12.1. The molecule has 0 fully saturated rings. The zero-order valence-corrected chi connectivity index (χ0v) is 12.1. The number of nitrogens with one attached hydrogen (secondary N) is 1. The number of nitrogens with zero attached hydrogens (tertiary/aromatic N) is 2. The number of aromatic nitrogens is 1. The molecule has 7 heteroatoms. The van der Waals surface area contributed by atoms with E-state index in [1.165, 1.54) is 22.7 Å². The fourth-order valence-electron chi connectivity index (χ4n) is 1.52. The number of thiazole rings is 1. The van der Waals surface area contributed by atoms with Gasteiger partial charge in [0.25, 0.3) is 5.91 Å². The zero-order valence-electron chi connectivity index (χ0n) is 10.5. The van der Waals surface area contributed by atoms with Gasteiger partial charge in [0, 0.05) is 5.38 Å². The Balaban J connectivity index is 2.13. The molecule has 0 saturated heterocycles. The summed E-state index contributed by atoms with van der Waals surface area (Å²) in [5, 5.41) is 18.6. The second-order valence-corrected chi connectivity index (χ2v) is 5.58. The Morgan fingerprint density at radius 3 is 3.00 bits per heavy atom. The van der Waals surface area contributed by atoms with Crippen molar-refractivity contribution < 1.29 is 10.0 Å². The zero-order chi connectivity index (χ0) is 13.8. The van der Waals surface area contributed by atoms with Gasteiger partial charge in [-0.1, -0.05) is 12.1 Å². The number of carbonyl (C=O) groups excluding carboxylic acids is 1. The fraction of sp³-hybridized carbons (Fsp3) is 0.250. The van der Waals surface area contributed by atoms with Gasteiger partial charge in [0.15, 0.2) is 5.13 Å². The molecule has 0 aliphatic carbocycles. The Morgan fingerprint density at radius 2 is 2.32 bits per heavy atom. The van der Waals surface area contributed by atoms with Crippen LogP contribution in [0.5, 0.6) is 0 Å².